The number of nitrogens with two attached hydrogens (primary N) is 1. The minimum Gasteiger partial charge on any atom is -0.507 e. The molecule has 1 saturated carbocycles. The molecule has 0 atom stereocenters. The lowest BCUT2D eigenvalue weighted by atomic mass is 9.87. The van der Waals surface area contributed by atoms with Crippen LogP contribution in [0.1, 0.15) is 36.8 Å². The quantitative estimate of drug-likeness (QED) is 0.798. The highest BCUT2D eigenvalue weighted by atomic mass is 19.4. The number of phenolic OH excluding ortho intramolecular Hbond substituents is 1. The van der Waals surface area contributed by atoms with Gasteiger partial charge in [-0.1, -0.05) is 25.0 Å². The van der Waals surface area contributed by atoms with Gasteiger partial charge >= 0.3 is 6.18 Å². The zero-order chi connectivity index (χ0) is 12.7. The van der Waals surface area contributed by atoms with E-state index in [9.17, 15) is 18.3 Å². The maximum absolute atomic E-state index is 12.6. The number of para-hydroxylation sites is 1. The van der Waals surface area contributed by atoms with Crippen molar-refractivity contribution in [2.24, 2.45) is 5.73 Å². The van der Waals surface area contributed by atoms with E-state index in [0.717, 1.165) is 18.9 Å². The molecule has 0 aliphatic heterocycles. The zero-order valence-corrected chi connectivity index (χ0v) is 9.22. The Morgan fingerprint density at radius 3 is 2.29 bits per heavy atom. The lowest BCUT2D eigenvalue weighted by Crippen LogP contribution is -2.33. The first-order valence-corrected chi connectivity index (χ1v) is 5.53. The predicted octanol–water partition coefficient (Wildman–Crippen LogP) is 3.14. The highest BCUT2D eigenvalue weighted by Crippen LogP contribution is 2.45. The molecule has 17 heavy (non-hydrogen) atoms. The summed E-state index contributed by atoms with van der Waals surface area (Å²) in [6.45, 7) is 0. The van der Waals surface area contributed by atoms with Crippen LogP contribution in [0.25, 0.3) is 0 Å². The Morgan fingerprint density at radius 2 is 1.76 bits per heavy atom. The highest BCUT2D eigenvalue weighted by molar-refractivity contribution is 5.46. The molecule has 1 aromatic rings. The molecule has 0 saturated heterocycles. The van der Waals surface area contributed by atoms with Crippen molar-refractivity contribution in [1.82, 2.24) is 0 Å². The second-order valence-electron chi connectivity index (χ2n) is 4.56. The number of hydrogen-bond acceptors (Lipinski definition) is 2. The van der Waals surface area contributed by atoms with Gasteiger partial charge in [0, 0.05) is 11.1 Å². The molecule has 0 bridgehead atoms. The molecule has 94 valence electrons. The standard InChI is InChI=1S/C12H14F3NO/c13-12(14,15)9-5-3-4-8(10(9)17)11(16)6-1-2-7-11/h3-5,17H,1-2,6-7,16H2. The van der Waals surface area contributed by atoms with Crippen molar-refractivity contribution in [1.29, 1.82) is 0 Å². The van der Waals surface area contributed by atoms with E-state index in [1.807, 2.05) is 0 Å². The Labute approximate surface area is 97.2 Å². The number of benzene rings is 1. The Morgan fingerprint density at radius 1 is 1.18 bits per heavy atom. The topological polar surface area (TPSA) is 46.2 Å². The molecule has 1 fully saturated rings. The normalized spacial score (nSPS) is 19.5. The number of phenols is 1. The van der Waals surface area contributed by atoms with Gasteiger partial charge in [0.1, 0.15) is 5.75 Å². The SMILES string of the molecule is NC1(c2cccc(C(F)(F)F)c2O)CCCC1. The summed E-state index contributed by atoms with van der Waals surface area (Å²) in [6, 6.07) is 3.65. The number of alkyl halides is 3. The van der Waals surface area contributed by atoms with Crippen LogP contribution in [0.5, 0.6) is 5.75 Å². The molecule has 0 amide bonds. The molecule has 2 rings (SSSR count). The van der Waals surface area contributed by atoms with Crippen LogP contribution in [0.3, 0.4) is 0 Å². The third-order valence-electron chi connectivity index (χ3n) is 3.37. The van der Waals surface area contributed by atoms with Crippen molar-refractivity contribution in [3.05, 3.63) is 29.3 Å². The molecular weight excluding hydrogens is 231 g/mol. The molecule has 5 heteroatoms. The van der Waals surface area contributed by atoms with Crippen LogP contribution < -0.4 is 5.73 Å². The van der Waals surface area contributed by atoms with Crippen molar-refractivity contribution in [2.45, 2.75) is 37.4 Å². The summed E-state index contributed by atoms with van der Waals surface area (Å²) in [5, 5.41) is 9.75. The molecular formula is C12H14F3NO. The van der Waals surface area contributed by atoms with E-state index in [4.69, 9.17) is 5.73 Å². The van der Waals surface area contributed by atoms with E-state index in [1.165, 1.54) is 12.1 Å². The molecule has 3 N–H and O–H groups in total. The minimum absolute atomic E-state index is 0.213. The summed E-state index contributed by atoms with van der Waals surface area (Å²) in [6.07, 6.45) is -1.56. The summed E-state index contributed by atoms with van der Waals surface area (Å²) in [5.41, 5.74) is 4.46. The van der Waals surface area contributed by atoms with Gasteiger partial charge in [0.25, 0.3) is 0 Å². The summed E-state index contributed by atoms with van der Waals surface area (Å²) < 4.78 is 37.9. The Kier molecular flexibility index (Phi) is 2.81. The Balaban J connectivity index is 2.49. The lowest BCUT2D eigenvalue weighted by molar-refractivity contribution is -0.138. The van der Waals surface area contributed by atoms with Gasteiger partial charge in [-0.3, -0.25) is 0 Å². The average Bonchev–Trinajstić information content (AvgIpc) is 2.64. The van der Waals surface area contributed by atoms with E-state index in [1.54, 1.807) is 0 Å². The maximum Gasteiger partial charge on any atom is 0.419 e. The van der Waals surface area contributed by atoms with Crippen LogP contribution in [0.4, 0.5) is 13.2 Å². The molecule has 0 unspecified atom stereocenters. The van der Waals surface area contributed by atoms with Crippen LogP contribution in [0, 0.1) is 0 Å². The van der Waals surface area contributed by atoms with Crippen LogP contribution in [0.15, 0.2) is 18.2 Å². The molecule has 1 aromatic carbocycles. The first-order valence-electron chi connectivity index (χ1n) is 5.53. The fourth-order valence-corrected chi connectivity index (χ4v) is 2.45. The molecule has 0 radical (unpaired) electrons. The smallest absolute Gasteiger partial charge is 0.419 e. The molecule has 1 aliphatic carbocycles. The highest BCUT2D eigenvalue weighted by Gasteiger charge is 2.39. The molecule has 0 heterocycles. The zero-order valence-electron chi connectivity index (χ0n) is 9.22. The van der Waals surface area contributed by atoms with Crippen molar-refractivity contribution in [3.8, 4) is 5.75 Å². The van der Waals surface area contributed by atoms with E-state index < -0.39 is 23.0 Å². The second-order valence-corrected chi connectivity index (χ2v) is 4.56. The number of aromatic hydroxyl groups is 1. The molecule has 2 nitrogen and oxygen atoms in total. The third kappa shape index (κ3) is 2.11. The molecule has 0 aromatic heterocycles. The van der Waals surface area contributed by atoms with E-state index >= 15 is 0 Å². The maximum atomic E-state index is 12.6. The van der Waals surface area contributed by atoms with E-state index in [2.05, 4.69) is 0 Å². The summed E-state index contributed by atoms with van der Waals surface area (Å²) in [4.78, 5) is 0. The van der Waals surface area contributed by atoms with Crippen LogP contribution in [0.2, 0.25) is 0 Å². The van der Waals surface area contributed by atoms with Gasteiger partial charge in [0.15, 0.2) is 0 Å². The summed E-state index contributed by atoms with van der Waals surface area (Å²) in [5.74, 6) is -0.718. The van der Waals surface area contributed by atoms with Crippen LogP contribution in [-0.2, 0) is 11.7 Å². The van der Waals surface area contributed by atoms with Crippen molar-refractivity contribution < 1.29 is 18.3 Å². The van der Waals surface area contributed by atoms with Gasteiger partial charge in [-0.2, -0.15) is 13.2 Å². The minimum atomic E-state index is -4.55. The van der Waals surface area contributed by atoms with Gasteiger partial charge in [0.2, 0.25) is 0 Å². The van der Waals surface area contributed by atoms with Crippen LogP contribution >= 0.6 is 0 Å². The van der Waals surface area contributed by atoms with Gasteiger partial charge < -0.3 is 10.8 Å². The van der Waals surface area contributed by atoms with Crippen LogP contribution in [-0.4, -0.2) is 5.11 Å². The fraction of sp³-hybridized carbons (Fsp3) is 0.500. The number of hydrogen-bond donors (Lipinski definition) is 2. The van der Waals surface area contributed by atoms with Gasteiger partial charge in [0.05, 0.1) is 5.56 Å². The van der Waals surface area contributed by atoms with E-state index in [0.29, 0.717) is 12.8 Å². The lowest BCUT2D eigenvalue weighted by Gasteiger charge is -2.26. The van der Waals surface area contributed by atoms with Crippen molar-refractivity contribution in [3.63, 3.8) is 0 Å². The predicted molar refractivity (Wildman–Crippen MR) is 57.4 cm³/mol. The number of rotatable bonds is 1. The Hall–Kier alpha value is -1.23. The van der Waals surface area contributed by atoms with Gasteiger partial charge in [-0.05, 0) is 18.9 Å². The fourth-order valence-electron chi connectivity index (χ4n) is 2.45. The largest absolute Gasteiger partial charge is 0.507 e. The second kappa shape index (κ2) is 3.91. The first-order chi connectivity index (χ1) is 7.84. The van der Waals surface area contributed by atoms with Crippen molar-refractivity contribution in [2.75, 3.05) is 0 Å². The molecule has 1 aliphatic rings. The monoisotopic (exact) mass is 245 g/mol. The number of halogens is 3. The average molecular weight is 245 g/mol. The Bertz CT molecular complexity index is 422. The summed E-state index contributed by atoms with van der Waals surface area (Å²) >= 11 is 0. The molecule has 0 spiro atoms. The van der Waals surface area contributed by atoms with Crippen molar-refractivity contribution >= 4 is 0 Å². The summed E-state index contributed by atoms with van der Waals surface area (Å²) in [7, 11) is 0. The van der Waals surface area contributed by atoms with Gasteiger partial charge in [-0.15, -0.1) is 0 Å². The first kappa shape index (κ1) is 12.2. The third-order valence-corrected chi connectivity index (χ3v) is 3.37. The van der Waals surface area contributed by atoms with Gasteiger partial charge in [-0.25, -0.2) is 0 Å². The van der Waals surface area contributed by atoms with E-state index in [-0.39, 0.29) is 5.56 Å².